The quantitative estimate of drug-likeness (QED) is 0.196. The first kappa shape index (κ1) is 31.1. The Labute approximate surface area is 241 Å². The number of rotatable bonds is 11. The van der Waals surface area contributed by atoms with Crippen LogP contribution in [0, 0.1) is 22.7 Å². The van der Waals surface area contributed by atoms with E-state index < -0.39 is 16.6 Å². The molecule has 0 aliphatic heterocycles. The van der Waals surface area contributed by atoms with Crippen LogP contribution in [-0.4, -0.2) is 41.7 Å². The largest absolute Gasteiger partial charge is 0.416 e. The van der Waals surface area contributed by atoms with Gasteiger partial charge in [-0.05, 0) is 85.8 Å². The van der Waals surface area contributed by atoms with Gasteiger partial charge in [-0.1, -0.05) is 71.9 Å². The normalized spacial score (nSPS) is 31.2. The van der Waals surface area contributed by atoms with E-state index in [0.717, 1.165) is 32.1 Å². The number of Topliss-reactive ketones (excluding diaryl/α,β-unsaturated/α-hetero) is 1. The molecular formula is C33H56O4Si2. The van der Waals surface area contributed by atoms with Crippen molar-refractivity contribution in [2.24, 2.45) is 22.7 Å². The van der Waals surface area contributed by atoms with E-state index in [1.807, 2.05) is 6.07 Å². The van der Waals surface area contributed by atoms with Gasteiger partial charge in [-0.3, -0.25) is 4.79 Å². The fourth-order valence-electron chi connectivity index (χ4n) is 7.41. The lowest BCUT2D eigenvalue weighted by atomic mass is 9.45. The number of benzene rings is 1. The second-order valence-corrected chi connectivity index (χ2v) is 25.6. The zero-order valence-electron chi connectivity index (χ0n) is 26.6. The molecule has 6 heteroatoms. The highest BCUT2D eigenvalue weighted by Gasteiger charge is 2.74. The predicted octanol–water partition coefficient (Wildman–Crippen LogP) is 8.77. The SMILES string of the molecule is CC(C)(C)[Si](C)(C)OCC12CC3CC(=O)[C@@]1(CCCOCc1ccccc1)[C@@H](C3)CC2O[Si](C)(C)C(C)(C)C. The van der Waals surface area contributed by atoms with Crippen LogP contribution in [0.1, 0.15) is 85.6 Å². The molecule has 220 valence electrons. The van der Waals surface area contributed by atoms with Crippen LogP contribution in [0.15, 0.2) is 30.3 Å². The molecular weight excluding hydrogens is 517 g/mol. The Bertz CT molecular complexity index is 1010. The smallest absolute Gasteiger partial charge is 0.192 e. The Kier molecular flexibility index (Phi) is 8.62. The summed E-state index contributed by atoms with van der Waals surface area (Å²) in [5.74, 6) is 1.39. The lowest BCUT2D eigenvalue weighted by Gasteiger charge is -2.60. The minimum atomic E-state index is -2.03. The maximum absolute atomic E-state index is 14.2. The van der Waals surface area contributed by atoms with Crippen molar-refractivity contribution >= 4 is 22.4 Å². The van der Waals surface area contributed by atoms with E-state index in [4.69, 9.17) is 13.6 Å². The van der Waals surface area contributed by atoms with Gasteiger partial charge in [-0.2, -0.15) is 0 Å². The molecule has 0 N–H and O–H groups in total. The summed E-state index contributed by atoms with van der Waals surface area (Å²) >= 11 is 0. The van der Waals surface area contributed by atoms with Crippen molar-refractivity contribution in [3.63, 3.8) is 0 Å². The molecule has 0 aromatic heterocycles. The van der Waals surface area contributed by atoms with Crippen LogP contribution in [0.4, 0.5) is 0 Å². The maximum atomic E-state index is 14.2. The minimum Gasteiger partial charge on any atom is -0.416 e. The van der Waals surface area contributed by atoms with Gasteiger partial charge in [0.25, 0.3) is 0 Å². The Morgan fingerprint density at radius 1 is 0.923 bits per heavy atom. The van der Waals surface area contributed by atoms with Crippen molar-refractivity contribution in [2.75, 3.05) is 13.2 Å². The van der Waals surface area contributed by atoms with E-state index >= 15 is 0 Å². The summed E-state index contributed by atoms with van der Waals surface area (Å²) in [5, 5.41) is 0.264. The van der Waals surface area contributed by atoms with Crippen molar-refractivity contribution in [2.45, 2.75) is 129 Å². The van der Waals surface area contributed by atoms with E-state index in [2.05, 4.69) is 92.0 Å². The van der Waals surface area contributed by atoms with Gasteiger partial charge in [-0.25, -0.2) is 0 Å². The molecule has 0 radical (unpaired) electrons. The number of carbonyl (C=O) groups is 1. The zero-order chi connectivity index (χ0) is 28.9. The molecule has 4 aliphatic carbocycles. The number of fused-ring (bicyclic) bond motifs is 1. The highest BCUT2D eigenvalue weighted by Crippen LogP contribution is 2.72. The molecule has 4 saturated carbocycles. The van der Waals surface area contributed by atoms with Crippen molar-refractivity contribution < 1.29 is 18.4 Å². The lowest BCUT2D eigenvalue weighted by molar-refractivity contribution is -0.173. The topological polar surface area (TPSA) is 44.8 Å². The van der Waals surface area contributed by atoms with Gasteiger partial charge < -0.3 is 13.6 Å². The van der Waals surface area contributed by atoms with Crippen LogP contribution in [0.25, 0.3) is 0 Å². The number of hydrogen-bond acceptors (Lipinski definition) is 4. The van der Waals surface area contributed by atoms with Crippen LogP contribution < -0.4 is 0 Å². The third-order valence-electron chi connectivity index (χ3n) is 11.7. The Morgan fingerprint density at radius 3 is 2.18 bits per heavy atom. The predicted molar refractivity (Wildman–Crippen MR) is 166 cm³/mol. The van der Waals surface area contributed by atoms with Gasteiger partial charge in [0.05, 0.1) is 12.7 Å². The van der Waals surface area contributed by atoms with E-state index in [1.54, 1.807) is 0 Å². The Morgan fingerprint density at radius 2 is 1.56 bits per heavy atom. The second-order valence-electron chi connectivity index (χ2n) is 16.1. The van der Waals surface area contributed by atoms with E-state index in [9.17, 15) is 4.79 Å². The number of hydrogen-bond donors (Lipinski definition) is 0. The highest BCUT2D eigenvalue weighted by molar-refractivity contribution is 6.74. The Hall–Kier alpha value is -0.796. The average Bonchev–Trinajstić information content (AvgIpc) is 2.97. The molecule has 5 rings (SSSR count). The molecule has 0 amide bonds. The molecule has 0 saturated heterocycles. The molecule has 4 nitrogen and oxygen atoms in total. The first-order chi connectivity index (χ1) is 18.0. The van der Waals surface area contributed by atoms with Gasteiger partial charge in [-0.15, -0.1) is 0 Å². The molecule has 4 bridgehead atoms. The third kappa shape index (κ3) is 5.67. The first-order valence-corrected chi connectivity index (χ1v) is 21.2. The maximum Gasteiger partial charge on any atom is 0.192 e. The first-order valence-electron chi connectivity index (χ1n) is 15.4. The minimum absolute atomic E-state index is 0.104. The van der Waals surface area contributed by atoms with Gasteiger partial charge in [0.15, 0.2) is 16.6 Å². The second kappa shape index (κ2) is 10.8. The van der Waals surface area contributed by atoms with Crippen molar-refractivity contribution in [1.29, 1.82) is 0 Å². The van der Waals surface area contributed by atoms with Crippen LogP contribution >= 0.6 is 0 Å². The summed E-state index contributed by atoms with van der Waals surface area (Å²) in [4.78, 5) is 14.2. The fourth-order valence-corrected chi connectivity index (χ4v) is 9.84. The molecule has 1 aromatic rings. The molecule has 4 aliphatic rings. The van der Waals surface area contributed by atoms with Crippen molar-refractivity contribution in [3.05, 3.63) is 35.9 Å². The molecule has 1 aromatic carbocycles. The fraction of sp³-hybridized carbons (Fsp3) is 0.788. The van der Waals surface area contributed by atoms with Crippen LogP contribution in [0.2, 0.25) is 36.3 Å². The summed E-state index contributed by atoms with van der Waals surface area (Å²) in [6, 6.07) is 10.4. The standard InChI is InChI=1S/C33H56O4Si2/c1-30(2,3)38(7,8)36-24-32-22-26-19-27(21-29(32)37-39(9,10)31(4,5)6)33(32,28(34)20-26)17-14-18-35-23-25-15-12-11-13-16-25/h11-13,15-16,26-27,29H,14,17-24H2,1-10H3/t26?,27-,29?,32?,33+/m0/s1. The average molecular weight is 573 g/mol. The number of ketones is 1. The molecule has 0 heterocycles. The monoisotopic (exact) mass is 572 g/mol. The van der Waals surface area contributed by atoms with E-state index in [-0.39, 0.29) is 27.0 Å². The van der Waals surface area contributed by atoms with Gasteiger partial charge >= 0.3 is 0 Å². The third-order valence-corrected chi connectivity index (χ3v) is 20.6. The summed E-state index contributed by atoms with van der Waals surface area (Å²) < 4.78 is 20.5. The van der Waals surface area contributed by atoms with Crippen molar-refractivity contribution in [1.82, 2.24) is 0 Å². The highest BCUT2D eigenvalue weighted by atomic mass is 28.4. The number of carbonyl (C=O) groups excluding carboxylic acids is 1. The van der Waals surface area contributed by atoms with Gasteiger partial charge in [0.2, 0.25) is 0 Å². The van der Waals surface area contributed by atoms with E-state index in [0.29, 0.717) is 37.4 Å². The zero-order valence-corrected chi connectivity index (χ0v) is 28.6. The van der Waals surface area contributed by atoms with Crippen LogP contribution in [-0.2, 0) is 25.0 Å². The van der Waals surface area contributed by atoms with Crippen molar-refractivity contribution in [3.8, 4) is 0 Å². The lowest BCUT2D eigenvalue weighted by Crippen LogP contribution is -2.63. The molecule has 3 unspecified atom stereocenters. The summed E-state index contributed by atoms with van der Waals surface area (Å²) in [5.41, 5.74) is 0.639. The van der Waals surface area contributed by atoms with E-state index in [1.165, 1.54) is 12.0 Å². The number of ether oxygens (including phenoxy) is 1. The summed E-state index contributed by atoms with van der Waals surface area (Å²) in [7, 11) is -4.04. The molecule has 0 spiro atoms. The van der Waals surface area contributed by atoms with Gasteiger partial charge in [0, 0.05) is 30.5 Å². The molecule has 5 atom stereocenters. The van der Waals surface area contributed by atoms with Crippen LogP contribution in [0.5, 0.6) is 0 Å². The molecule has 4 fully saturated rings. The summed E-state index contributed by atoms with van der Waals surface area (Å²) in [6.45, 7) is 25.4. The molecule has 39 heavy (non-hydrogen) atoms. The Balaban J connectivity index is 1.62. The van der Waals surface area contributed by atoms with Gasteiger partial charge in [0.1, 0.15) is 5.78 Å². The van der Waals surface area contributed by atoms with Crippen LogP contribution in [0.3, 0.4) is 0 Å². The summed E-state index contributed by atoms with van der Waals surface area (Å²) in [6.07, 6.45) is 5.93.